The standard InChI is InChI=1S/C14H20ClNO2S/c1-3-19(17,18)13-6-4-12(5-7-13)16-9-8-11(2)14(16)10-15/h4-7,11,14H,3,8-10H2,1-2H3. The summed E-state index contributed by atoms with van der Waals surface area (Å²) in [4.78, 5) is 2.67. The summed E-state index contributed by atoms with van der Waals surface area (Å²) in [5.41, 5.74) is 1.06. The van der Waals surface area contributed by atoms with Crippen LogP contribution in [-0.4, -0.2) is 32.6 Å². The summed E-state index contributed by atoms with van der Waals surface area (Å²) >= 11 is 6.04. The Balaban J connectivity index is 2.24. The van der Waals surface area contributed by atoms with Crippen molar-refractivity contribution in [2.75, 3.05) is 23.1 Å². The molecule has 1 aliphatic rings. The first kappa shape index (κ1) is 14.7. The molecule has 19 heavy (non-hydrogen) atoms. The van der Waals surface area contributed by atoms with Crippen LogP contribution in [-0.2, 0) is 9.84 Å². The number of halogens is 1. The highest BCUT2D eigenvalue weighted by molar-refractivity contribution is 7.91. The van der Waals surface area contributed by atoms with Gasteiger partial charge in [0.1, 0.15) is 0 Å². The van der Waals surface area contributed by atoms with Gasteiger partial charge >= 0.3 is 0 Å². The highest BCUT2D eigenvalue weighted by Crippen LogP contribution is 2.30. The molecule has 106 valence electrons. The fourth-order valence-corrected chi connectivity index (χ4v) is 3.93. The van der Waals surface area contributed by atoms with Crippen LogP contribution < -0.4 is 4.90 Å². The molecule has 1 aromatic rings. The molecule has 1 heterocycles. The van der Waals surface area contributed by atoms with Gasteiger partial charge in [-0.1, -0.05) is 13.8 Å². The van der Waals surface area contributed by atoms with E-state index in [0.717, 1.165) is 18.7 Å². The highest BCUT2D eigenvalue weighted by Gasteiger charge is 2.30. The van der Waals surface area contributed by atoms with Crippen molar-refractivity contribution in [2.24, 2.45) is 5.92 Å². The van der Waals surface area contributed by atoms with Crippen LogP contribution in [0.3, 0.4) is 0 Å². The lowest BCUT2D eigenvalue weighted by Crippen LogP contribution is -2.33. The van der Waals surface area contributed by atoms with Crippen LogP contribution in [0.15, 0.2) is 29.2 Å². The van der Waals surface area contributed by atoms with E-state index >= 15 is 0 Å². The van der Waals surface area contributed by atoms with E-state index in [1.807, 2.05) is 12.1 Å². The Kier molecular flexibility index (Phi) is 4.41. The summed E-state index contributed by atoms with van der Waals surface area (Å²) < 4.78 is 23.5. The molecule has 1 fully saturated rings. The Morgan fingerprint density at radius 3 is 2.47 bits per heavy atom. The van der Waals surface area contributed by atoms with Gasteiger partial charge in [0.25, 0.3) is 0 Å². The van der Waals surface area contributed by atoms with Crippen molar-refractivity contribution in [3.05, 3.63) is 24.3 Å². The van der Waals surface area contributed by atoms with E-state index in [0.29, 0.717) is 22.7 Å². The minimum atomic E-state index is -3.11. The second-order valence-corrected chi connectivity index (χ2v) is 7.67. The number of sulfone groups is 1. The SMILES string of the molecule is CCS(=O)(=O)c1ccc(N2CCC(C)C2CCl)cc1. The van der Waals surface area contributed by atoms with E-state index in [4.69, 9.17) is 11.6 Å². The zero-order valence-electron chi connectivity index (χ0n) is 11.3. The molecule has 1 saturated heterocycles. The van der Waals surface area contributed by atoms with Crippen molar-refractivity contribution >= 4 is 27.1 Å². The molecule has 0 radical (unpaired) electrons. The van der Waals surface area contributed by atoms with Crippen molar-refractivity contribution in [3.63, 3.8) is 0 Å². The number of hydrogen-bond acceptors (Lipinski definition) is 3. The van der Waals surface area contributed by atoms with E-state index in [1.54, 1.807) is 19.1 Å². The first-order valence-electron chi connectivity index (χ1n) is 6.65. The smallest absolute Gasteiger partial charge is 0.178 e. The topological polar surface area (TPSA) is 37.4 Å². The first-order valence-corrected chi connectivity index (χ1v) is 8.83. The molecular weight excluding hydrogens is 282 g/mol. The fraction of sp³-hybridized carbons (Fsp3) is 0.571. The van der Waals surface area contributed by atoms with Crippen LogP contribution in [0.25, 0.3) is 0 Å². The van der Waals surface area contributed by atoms with Gasteiger partial charge < -0.3 is 4.90 Å². The molecule has 0 spiro atoms. The molecule has 0 amide bonds. The molecule has 0 aromatic heterocycles. The minimum absolute atomic E-state index is 0.136. The molecule has 2 rings (SSSR count). The lowest BCUT2D eigenvalue weighted by Gasteiger charge is -2.27. The maximum atomic E-state index is 11.8. The minimum Gasteiger partial charge on any atom is -0.367 e. The number of rotatable bonds is 4. The number of benzene rings is 1. The molecule has 0 N–H and O–H groups in total. The van der Waals surface area contributed by atoms with Crippen molar-refractivity contribution in [3.8, 4) is 0 Å². The molecule has 5 heteroatoms. The zero-order chi connectivity index (χ0) is 14.0. The molecule has 0 aliphatic carbocycles. The Morgan fingerprint density at radius 1 is 1.32 bits per heavy atom. The monoisotopic (exact) mass is 301 g/mol. The van der Waals surface area contributed by atoms with Gasteiger partial charge in [0.2, 0.25) is 0 Å². The van der Waals surface area contributed by atoms with E-state index < -0.39 is 9.84 Å². The Morgan fingerprint density at radius 2 is 1.95 bits per heavy atom. The zero-order valence-corrected chi connectivity index (χ0v) is 12.9. The molecule has 0 saturated carbocycles. The summed E-state index contributed by atoms with van der Waals surface area (Å²) in [6, 6.07) is 7.51. The van der Waals surface area contributed by atoms with Crippen LogP contribution in [0.2, 0.25) is 0 Å². The normalized spacial score (nSPS) is 23.8. The van der Waals surface area contributed by atoms with Gasteiger partial charge in [-0.2, -0.15) is 0 Å². The summed E-state index contributed by atoms with van der Waals surface area (Å²) in [6.07, 6.45) is 1.13. The van der Waals surface area contributed by atoms with E-state index in [-0.39, 0.29) is 5.75 Å². The van der Waals surface area contributed by atoms with Gasteiger partial charge in [0, 0.05) is 24.2 Å². The van der Waals surface area contributed by atoms with Crippen LogP contribution in [0.1, 0.15) is 20.3 Å². The molecule has 3 nitrogen and oxygen atoms in total. The number of anilines is 1. The predicted molar refractivity (Wildman–Crippen MR) is 79.8 cm³/mol. The lowest BCUT2D eigenvalue weighted by molar-refractivity contribution is 0.550. The summed E-state index contributed by atoms with van der Waals surface area (Å²) in [7, 11) is -3.11. The van der Waals surface area contributed by atoms with Gasteiger partial charge in [0.15, 0.2) is 9.84 Å². The van der Waals surface area contributed by atoms with E-state index in [2.05, 4.69) is 11.8 Å². The van der Waals surface area contributed by atoms with E-state index in [9.17, 15) is 8.42 Å². The van der Waals surface area contributed by atoms with Crippen molar-refractivity contribution < 1.29 is 8.42 Å². The molecule has 1 aromatic carbocycles. The molecular formula is C14H20ClNO2S. The van der Waals surface area contributed by atoms with Crippen molar-refractivity contribution in [1.29, 1.82) is 0 Å². The van der Waals surface area contributed by atoms with Crippen LogP contribution >= 0.6 is 11.6 Å². The van der Waals surface area contributed by atoms with Crippen molar-refractivity contribution in [2.45, 2.75) is 31.2 Å². The maximum Gasteiger partial charge on any atom is 0.178 e. The predicted octanol–water partition coefficient (Wildman–Crippen LogP) is 2.93. The highest BCUT2D eigenvalue weighted by atomic mass is 35.5. The second-order valence-electron chi connectivity index (χ2n) is 5.08. The average Bonchev–Trinajstić information content (AvgIpc) is 2.80. The Hall–Kier alpha value is -0.740. The third-order valence-corrected chi connectivity index (χ3v) is 6.01. The quantitative estimate of drug-likeness (QED) is 0.803. The number of hydrogen-bond donors (Lipinski definition) is 0. The summed E-state index contributed by atoms with van der Waals surface area (Å²) in [5, 5.41) is 0. The first-order chi connectivity index (χ1) is 8.99. The fourth-order valence-electron chi connectivity index (χ4n) is 2.58. The Bertz CT molecular complexity index is 527. The van der Waals surface area contributed by atoms with Crippen LogP contribution in [0, 0.1) is 5.92 Å². The third-order valence-electron chi connectivity index (χ3n) is 3.95. The van der Waals surface area contributed by atoms with Crippen LogP contribution in [0.4, 0.5) is 5.69 Å². The Labute approximate surface area is 120 Å². The third kappa shape index (κ3) is 2.90. The van der Waals surface area contributed by atoms with Crippen molar-refractivity contribution in [1.82, 2.24) is 0 Å². The summed E-state index contributed by atoms with van der Waals surface area (Å²) in [5.74, 6) is 1.32. The summed E-state index contributed by atoms with van der Waals surface area (Å²) in [6.45, 7) is 4.86. The maximum absolute atomic E-state index is 11.8. The number of alkyl halides is 1. The van der Waals surface area contributed by atoms with Gasteiger partial charge in [0.05, 0.1) is 10.6 Å². The van der Waals surface area contributed by atoms with Gasteiger partial charge in [-0.15, -0.1) is 11.6 Å². The van der Waals surface area contributed by atoms with Gasteiger partial charge in [-0.25, -0.2) is 8.42 Å². The molecule has 2 unspecified atom stereocenters. The van der Waals surface area contributed by atoms with Gasteiger partial charge in [-0.3, -0.25) is 0 Å². The average molecular weight is 302 g/mol. The number of nitrogens with zero attached hydrogens (tertiary/aromatic N) is 1. The molecule has 1 aliphatic heterocycles. The van der Waals surface area contributed by atoms with Crippen LogP contribution in [0.5, 0.6) is 0 Å². The van der Waals surface area contributed by atoms with E-state index in [1.165, 1.54) is 0 Å². The second kappa shape index (κ2) is 5.71. The lowest BCUT2D eigenvalue weighted by atomic mass is 10.0. The van der Waals surface area contributed by atoms with Gasteiger partial charge in [-0.05, 0) is 36.6 Å². The molecule has 2 atom stereocenters. The largest absolute Gasteiger partial charge is 0.367 e. The molecule has 0 bridgehead atoms.